The molecule has 0 saturated carbocycles. The molecule has 5 heteroatoms. The van der Waals surface area contributed by atoms with E-state index >= 15 is 0 Å². The molecule has 0 aliphatic carbocycles. The zero-order chi connectivity index (χ0) is 10.6. The van der Waals surface area contributed by atoms with Crippen molar-refractivity contribution in [3.63, 3.8) is 0 Å². The highest BCUT2D eigenvalue weighted by molar-refractivity contribution is 8.01. The number of rotatable bonds is 4. The Balaban J connectivity index is 2.63. The van der Waals surface area contributed by atoms with Gasteiger partial charge in [0.1, 0.15) is 0 Å². The molecular weight excluding hydrogens is 220 g/mol. The SMILES string of the molecule is COC(=O)CSc1sccc1C(C)=O. The second-order valence-electron chi connectivity index (χ2n) is 2.54. The fourth-order valence-electron chi connectivity index (χ4n) is 0.852. The molecular formula is C9H10O3S2. The Kier molecular flexibility index (Phi) is 4.16. The van der Waals surface area contributed by atoms with Gasteiger partial charge in [-0.2, -0.15) is 0 Å². The quantitative estimate of drug-likeness (QED) is 0.452. The van der Waals surface area contributed by atoms with Crippen molar-refractivity contribution >= 4 is 34.9 Å². The number of methoxy groups -OCH3 is 1. The normalized spacial score (nSPS) is 9.86. The average Bonchev–Trinajstić information content (AvgIpc) is 2.62. The average molecular weight is 230 g/mol. The van der Waals surface area contributed by atoms with Crippen molar-refractivity contribution in [1.29, 1.82) is 0 Å². The fourth-order valence-corrected chi connectivity index (χ4v) is 2.87. The topological polar surface area (TPSA) is 43.4 Å². The summed E-state index contributed by atoms with van der Waals surface area (Å²) in [6, 6.07) is 1.77. The monoisotopic (exact) mass is 230 g/mol. The van der Waals surface area contributed by atoms with Crippen LogP contribution in [0.15, 0.2) is 15.7 Å². The lowest BCUT2D eigenvalue weighted by molar-refractivity contribution is -0.137. The Hall–Kier alpha value is -0.810. The van der Waals surface area contributed by atoms with Gasteiger partial charge >= 0.3 is 5.97 Å². The number of carbonyl (C=O) groups excluding carboxylic acids is 2. The highest BCUT2D eigenvalue weighted by atomic mass is 32.2. The third-order valence-electron chi connectivity index (χ3n) is 1.56. The van der Waals surface area contributed by atoms with Crippen molar-refractivity contribution in [2.45, 2.75) is 11.1 Å². The Morgan fingerprint density at radius 3 is 2.86 bits per heavy atom. The van der Waals surface area contributed by atoms with Crippen molar-refractivity contribution < 1.29 is 14.3 Å². The van der Waals surface area contributed by atoms with Crippen LogP contribution >= 0.6 is 23.1 Å². The molecule has 1 heterocycles. The summed E-state index contributed by atoms with van der Waals surface area (Å²) in [5, 5.41) is 1.84. The Labute approximate surface area is 90.5 Å². The van der Waals surface area contributed by atoms with Gasteiger partial charge in [0.25, 0.3) is 0 Å². The molecule has 0 bridgehead atoms. The number of carbonyl (C=O) groups is 2. The lowest BCUT2D eigenvalue weighted by Gasteiger charge is -1.99. The first-order valence-corrected chi connectivity index (χ1v) is 5.79. The first kappa shape index (κ1) is 11.3. The van der Waals surface area contributed by atoms with E-state index in [2.05, 4.69) is 4.74 Å². The molecule has 0 spiro atoms. The minimum atomic E-state index is -0.280. The van der Waals surface area contributed by atoms with E-state index in [1.165, 1.54) is 37.1 Å². The molecule has 0 N–H and O–H groups in total. The van der Waals surface area contributed by atoms with Crippen molar-refractivity contribution in [3.05, 3.63) is 17.0 Å². The van der Waals surface area contributed by atoms with E-state index in [0.29, 0.717) is 5.56 Å². The molecule has 0 saturated heterocycles. The molecule has 1 aromatic heterocycles. The maximum atomic E-state index is 11.1. The van der Waals surface area contributed by atoms with Crippen LogP contribution in [0.5, 0.6) is 0 Å². The van der Waals surface area contributed by atoms with Crippen molar-refractivity contribution in [2.75, 3.05) is 12.9 Å². The van der Waals surface area contributed by atoms with Gasteiger partial charge in [0.2, 0.25) is 0 Å². The van der Waals surface area contributed by atoms with Crippen molar-refractivity contribution in [1.82, 2.24) is 0 Å². The second kappa shape index (κ2) is 5.17. The molecule has 14 heavy (non-hydrogen) atoms. The van der Waals surface area contributed by atoms with Gasteiger partial charge in [-0.25, -0.2) is 0 Å². The van der Waals surface area contributed by atoms with Crippen molar-refractivity contribution in [2.24, 2.45) is 0 Å². The smallest absolute Gasteiger partial charge is 0.316 e. The summed E-state index contributed by atoms with van der Waals surface area (Å²) in [5.41, 5.74) is 0.684. The molecule has 0 atom stereocenters. The summed E-state index contributed by atoms with van der Waals surface area (Å²) >= 11 is 2.80. The predicted molar refractivity (Wildman–Crippen MR) is 57.1 cm³/mol. The van der Waals surface area contributed by atoms with E-state index in [0.717, 1.165) is 4.21 Å². The van der Waals surface area contributed by atoms with Crippen molar-refractivity contribution in [3.8, 4) is 0 Å². The zero-order valence-corrected chi connectivity index (χ0v) is 9.54. The van der Waals surface area contributed by atoms with Gasteiger partial charge in [0, 0.05) is 5.56 Å². The Bertz CT molecular complexity index is 344. The number of hydrogen-bond acceptors (Lipinski definition) is 5. The fraction of sp³-hybridized carbons (Fsp3) is 0.333. The first-order chi connectivity index (χ1) is 6.65. The molecule has 0 aliphatic rings. The molecule has 3 nitrogen and oxygen atoms in total. The standard InChI is InChI=1S/C9H10O3S2/c1-6(10)7-3-4-13-9(7)14-5-8(11)12-2/h3-4H,5H2,1-2H3. The molecule has 1 aromatic rings. The first-order valence-electron chi connectivity index (χ1n) is 3.93. The number of Topliss-reactive ketones (excluding diaryl/α,β-unsaturated/α-hetero) is 1. The lowest BCUT2D eigenvalue weighted by Crippen LogP contribution is -2.03. The molecule has 0 amide bonds. The number of esters is 1. The predicted octanol–water partition coefficient (Wildman–Crippen LogP) is 2.22. The van der Waals surface area contributed by atoms with Crippen LogP contribution in [0.1, 0.15) is 17.3 Å². The van der Waals surface area contributed by atoms with E-state index < -0.39 is 0 Å². The van der Waals surface area contributed by atoms with E-state index in [1.54, 1.807) is 6.07 Å². The third-order valence-corrected chi connectivity index (χ3v) is 3.77. The van der Waals surface area contributed by atoms with Crippen LogP contribution in [-0.4, -0.2) is 24.6 Å². The summed E-state index contributed by atoms with van der Waals surface area (Å²) in [6.45, 7) is 1.52. The number of thiophene rings is 1. The molecule has 0 unspecified atom stereocenters. The maximum Gasteiger partial charge on any atom is 0.316 e. The largest absolute Gasteiger partial charge is 0.468 e. The summed E-state index contributed by atoms with van der Waals surface area (Å²) in [5.74, 6) is -0.00591. The van der Waals surface area contributed by atoms with E-state index in [4.69, 9.17) is 0 Å². The van der Waals surface area contributed by atoms with Gasteiger partial charge in [-0.3, -0.25) is 9.59 Å². The minimum absolute atomic E-state index is 0.0265. The number of ketones is 1. The lowest BCUT2D eigenvalue weighted by atomic mass is 10.2. The van der Waals surface area contributed by atoms with E-state index in [9.17, 15) is 9.59 Å². The maximum absolute atomic E-state index is 11.1. The zero-order valence-electron chi connectivity index (χ0n) is 7.90. The summed E-state index contributed by atoms with van der Waals surface area (Å²) in [4.78, 5) is 22.0. The van der Waals surface area contributed by atoms with Gasteiger partial charge < -0.3 is 4.74 Å². The Morgan fingerprint density at radius 1 is 1.57 bits per heavy atom. The number of thioether (sulfide) groups is 1. The van der Waals surface area contributed by atoms with Crippen LogP contribution in [0.25, 0.3) is 0 Å². The van der Waals surface area contributed by atoms with Gasteiger partial charge in [-0.15, -0.1) is 23.1 Å². The molecule has 0 radical (unpaired) electrons. The van der Waals surface area contributed by atoms with Crippen LogP contribution in [0.3, 0.4) is 0 Å². The summed E-state index contributed by atoms with van der Waals surface area (Å²) in [7, 11) is 1.35. The molecule has 1 rings (SSSR count). The minimum Gasteiger partial charge on any atom is -0.468 e. The number of ether oxygens (including phenoxy) is 1. The summed E-state index contributed by atoms with van der Waals surface area (Å²) in [6.07, 6.45) is 0. The van der Waals surface area contributed by atoms with Crippen LogP contribution in [0.4, 0.5) is 0 Å². The molecule has 0 fully saturated rings. The van der Waals surface area contributed by atoms with Gasteiger partial charge in [-0.05, 0) is 18.4 Å². The van der Waals surface area contributed by atoms with Crippen LogP contribution in [0, 0.1) is 0 Å². The Morgan fingerprint density at radius 2 is 2.29 bits per heavy atom. The molecule has 76 valence electrons. The van der Waals surface area contributed by atoms with Gasteiger partial charge in [0.15, 0.2) is 5.78 Å². The van der Waals surface area contributed by atoms with Crippen LogP contribution in [0.2, 0.25) is 0 Å². The van der Waals surface area contributed by atoms with Gasteiger partial charge in [0.05, 0.1) is 17.1 Å². The van der Waals surface area contributed by atoms with Crippen LogP contribution < -0.4 is 0 Å². The van der Waals surface area contributed by atoms with Gasteiger partial charge in [-0.1, -0.05) is 0 Å². The molecule has 0 aromatic carbocycles. The second-order valence-corrected chi connectivity index (χ2v) is 4.70. The van der Waals surface area contributed by atoms with E-state index in [-0.39, 0.29) is 17.5 Å². The molecule has 0 aliphatic heterocycles. The number of hydrogen-bond donors (Lipinski definition) is 0. The highest BCUT2D eigenvalue weighted by Crippen LogP contribution is 2.28. The van der Waals surface area contributed by atoms with E-state index in [1.807, 2.05) is 5.38 Å². The van der Waals surface area contributed by atoms with Crippen LogP contribution in [-0.2, 0) is 9.53 Å². The third kappa shape index (κ3) is 2.85. The summed E-state index contributed by atoms with van der Waals surface area (Å²) < 4.78 is 5.39. The highest BCUT2D eigenvalue weighted by Gasteiger charge is 2.10.